The zero-order valence-corrected chi connectivity index (χ0v) is 15.4. The van der Waals surface area contributed by atoms with Crippen molar-refractivity contribution in [1.29, 1.82) is 0 Å². The van der Waals surface area contributed by atoms with Crippen LogP contribution in [0.4, 0.5) is 0 Å². The van der Waals surface area contributed by atoms with E-state index in [1.165, 1.54) is 0 Å². The average Bonchev–Trinajstić information content (AvgIpc) is 3.32. The van der Waals surface area contributed by atoms with Crippen LogP contribution in [-0.4, -0.2) is 22.3 Å². The third-order valence-corrected chi connectivity index (χ3v) is 3.76. The van der Waals surface area contributed by atoms with Crippen molar-refractivity contribution < 1.29 is 9.15 Å². The van der Waals surface area contributed by atoms with E-state index >= 15 is 0 Å². The smallest absolute Gasteiger partial charge is 0.247 e. The van der Waals surface area contributed by atoms with Crippen LogP contribution >= 0.6 is 0 Å². The van der Waals surface area contributed by atoms with Crippen molar-refractivity contribution in [2.45, 2.75) is 33.9 Å². The van der Waals surface area contributed by atoms with Gasteiger partial charge in [-0.25, -0.2) is 0 Å². The fraction of sp³-hybridized carbons (Fsp3) is 0.250. The molecule has 1 unspecified atom stereocenters. The summed E-state index contributed by atoms with van der Waals surface area (Å²) in [6, 6.07) is 16.1. The molecule has 26 heavy (non-hydrogen) atoms. The third kappa shape index (κ3) is 3.74. The summed E-state index contributed by atoms with van der Waals surface area (Å²) in [7, 11) is 0. The van der Waals surface area contributed by atoms with E-state index in [4.69, 9.17) is 9.15 Å². The van der Waals surface area contributed by atoms with E-state index < -0.39 is 0 Å². The third-order valence-electron chi connectivity index (χ3n) is 3.76. The summed E-state index contributed by atoms with van der Waals surface area (Å²) in [4.78, 5) is 0. The second kappa shape index (κ2) is 7.82. The molecular weight excluding hydrogens is 328 g/mol. The van der Waals surface area contributed by atoms with Crippen LogP contribution in [0, 0.1) is 6.92 Å². The molecule has 1 aliphatic rings. The minimum atomic E-state index is -0.0828. The van der Waals surface area contributed by atoms with Gasteiger partial charge < -0.3 is 9.15 Å². The highest BCUT2D eigenvalue weighted by atomic mass is 16.5. The van der Waals surface area contributed by atoms with Gasteiger partial charge in [0, 0.05) is 18.1 Å². The highest BCUT2D eigenvalue weighted by molar-refractivity contribution is 5.95. The van der Waals surface area contributed by atoms with E-state index in [-0.39, 0.29) is 6.23 Å². The van der Waals surface area contributed by atoms with E-state index in [1.54, 1.807) is 6.92 Å². The molecule has 6 heteroatoms. The zero-order chi connectivity index (χ0) is 18.5. The number of hydrogen-bond donors (Lipinski definition) is 1. The van der Waals surface area contributed by atoms with Crippen molar-refractivity contribution in [1.82, 2.24) is 15.6 Å². The number of aryl methyl sites for hydroxylation is 1. The Morgan fingerprint density at radius 2 is 1.35 bits per heavy atom. The lowest BCUT2D eigenvalue weighted by atomic mass is 10.0. The van der Waals surface area contributed by atoms with Gasteiger partial charge in [0.1, 0.15) is 0 Å². The Balaban J connectivity index is 0.000000948. The van der Waals surface area contributed by atoms with Crippen molar-refractivity contribution in [2.24, 2.45) is 5.10 Å². The van der Waals surface area contributed by atoms with Crippen molar-refractivity contribution >= 4 is 5.90 Å². The first kappa shape index (κ1) is 17.7. The summed E-state index contributed by atoms with van der Waals surface area (Å²) in [5, 5.41) is 12.0. The molecule has 0 spiro atoms. The van der Waals surface area contributed by atoms with Gasteiger partial charge in [-0.05, 0) is 42.3 Å². The molecule has 4 rings (SSSR count). The van der Waals surface area contributed by atoms with Crippen LogP contribution in [0.5, 0.6) is 0 Å². The van der Waals surface area contributed by atoms with Gasteiger partial charge in [0.15, 0.2) is 6.23 Å². The summed E-state index contributed by atoms with van der Waals surface area (Å²) in [6.45, 7) is 7.69. The fourth-order valence-electron chi connectivity index (χ4n) is 2.53. The summed E-state index contributed by atoms with van der Waals surface area (Å²) in [5.41, 5.74) is 6.97. The van der Waals surface area contributed by atoms with E-state index in [0.717, 1.165) is 22.3 Å². The van der Waals surface area contributed by atoms with Gasteiger partial charge >= 0.3 is 0 Å². The first-order valence-electron chi connectivity index (χ1n) is 8.70. The molecule has 2 aromatic carbocycles. The number of rotatable bonds is 3. The van der Waals surface area contributed by atoms with Crippen molar-refractivity contribution in [2.75, 3.05) is 0 Å². The number of nitrogens with zero attached hydrogens (tertiary/aromatic N) is 3. The summed E-state index contributed by atoms with van der Waals surface area (Å²) in [5.74, 6) is 1.72. The number of hydrogen-bond acceptors (Lipinski definition) is 6. The molecule has 0 aliphatic carbocycles. The number of hydrazone groups is 1. The van der Waals surface area contributed by atoms with Crippen molar-refractivity contribution in [3.8, 4) is 22.6 Å². The molecule has 6 nitrogen and oxygen atoms in total. The zero-order valence-electron chi connectivity index (χ0n) is 15.4. The van der Waals surface area contributed by atoms with Gasteiger partial charge in [0.2, 0.25) is 17.7 Å². The van der Waals surface area contributed by atoms with Crippen LogP contribution in [-0.2, 0) is 4.74 Å². The Kier molecular flexibility index (Phi) is 5.31. The van der Waals surface area contributed by atoms with Crippen molar-refractivity contribution in [3.63, 3.8) is 0 Å². The van der Waals surface area contributed by atoms with E-state index in [2.05, 4.69) is 32.9 Å². The molecule has 0 amide bonds. The molecule has 1 atom stereocenters. The monoisotopic (exact) mass is 350 g/mol. The van der Waals surface area contributed by atoms with Crippen LogP contribution < -0.4 is 5.43 Å². The van der Waals surface area contributed by atoms with Crippen LogP contribution in [0.3, 0.4) is 0 Å². The van der Waals surface area contributed by atoms with E-state index in [1.807, 2.05) is 57.2 Å². The highest BCUT2D eigenvalue weighted by Gasteiger charge is 2.16. The van der Waals surface area contributed by atoms with Crippen LogP contribution in [0.15, 0.2) is 58.0 Å². The number of aromatic nitrogens is 2. The Morgan fingerprint density at radius 1 is 0.808 bits per heavy atom. The molecule has 0 saturated heterocycles. The predicted molar refractivity (Wildman–Crippen MR) is 101 cm³/mol. The molecule has 0 fully saturated rings. The molecule has 1 aliphatic heterocycles. The second-order valence-electron chi connectivity index (χ2n) is 5.59. The SMILES string of the molecule is CC.Cc1nnc(-c2ccc(-c3ccc(C4=NNC(C)O4)cc3)cc2)o1. The van der Waals surface area contributed by atoms with Crippen LogP contribution in [0.2, 0.25) is 0 Å². The number of nitrogens with one attached hydrogen (secondary N) is 1. The second-order valence-corrected chi connectivity index (χ2v) is 5.59. The highest BCUT2D eigenvalue weighted by Crippen LogP contribution is 2.25. The Bertz CT molecular complexity index is 883. The minimum Gasteiger partial charge on any atom is -0.451 e. The van der Waals surface area contributed by atoms with Crippen LogP contribution in [0.1, 0.15) is 32.2 Å². The van der Waals surface area contributed by atoms with Crippen molar-refractivity contribution in [3.05, 3.63) is 60.0 Å². The normalized spacial score (nSPS) is 15.4. The average molecular weight is 350 g/mol. The Hall–Kier alpha value is -3.15. The molecule has 1 aromatic heterocycles. The first-order valence-corrected chi connectivity index (χ1v) is 8.70. The van der Waals surface area contributed by atoms with E-state index in [0.29, 0.717) is 17.7 Å². The number of ether oxygens (including phenoxy) is 1. The lowest BCUT2D eigenvalue weighted by molar-refractivity contribution is 0.209. The van der Waals surface area contributed by atoms with Gasteiger partial charge in [-0.1, -0.05) is 38.1 Å². The van der Waals surface area contributed by atoms with Gasteiger partial charge in [0.25, 0.3) is 0 Å². The molecule has 3 aromatic rings. The topological polar surface area (TPSA) is 72.5 Å². The minimum absolute atomic E-state index is 0.0828. The maximum absolute atomic E-state index is 5.58. The lowest BCUT2D eigenvalue weighted by Gasteiger charge is -2.06. The summed E-state index contributed by atoms with van der Waals surface area (Å²) < 4.78 is 11.0. The molecule has 1 N–H and O–H groups in total. The molecule has 0 radical (unpaired) electrons. The molecule has 2 heterocycles. The first-order chi connectivity index (χ1) is 12.7. The Morgan fingerprint density at radius 3 is 1.81 bits per heavy atom. The Labute approximate surface area is 152 Å². The lowest BCUT2D eigenvalue weighted by Crippen LogP contribution is -2.16. The standard InChI is InChI=1S/C18H16N4O2.C2H6/c1-11-19-21-17(23-11)15-7-3-13(4-8-15)14-5-9-16(10-6-14)18-22-20-12(2)24-18;1-2/h3-11,19H,1-2H3;1-2H3. The number of benzene rings is 2. The molecule has 134 valence electrons. The predicted octanol–water partition coefficient (Wildman–Crippen LogP) is 4.37. The maximum Gasteiger partial charge on any atom is 0.247 e. The fourth-order valence-corrected chi connectivity index (χ4v) is 2.53. The van der Waals surface area contributed by atoms with Crippen LogP contribution in [0.25, 0.3) is 22.6 Å². The maximum atomic E-state index is 5.58. The van der Waals surface area contributed by atoms with Gasteiger partial charge in [-0.15, -0.1) is 15.3 Å². The quantitative estimate of drug-likeness (QED) is 0.759. The van der Waals surface area contributed by atoms with Gasteiger partial charge in [-0.2, -0.15) is 0 Å². The van der Waals surface area contributed by atoms with Gasteiger partial charge in [-0.3, -0.25) is 5.43 Å². The van der Waals surface area contributed by atoms with E-state index in [9.17, 15) is 0 Å². The van der Waals surface area contributed by atoms with Gasteiger partial charge in [0.05, 0.1) is 0 Å². The largest absolute Gasteiger partial charge is 0.451 e. The molecule has 0 saturated carbocycles. The summed E-state index contributed by atoms with van der Waals surface area (Å²) >= 11 is 0. The summed E-state index contributed by atoms with van der Waals surface area (Å²) in [6.07, 6.45) is -0.0828. The molecule has 0 bridgehead atoms. The molecular formula is C20H22N4O2.